The summed E-state index contributed by atoms with van der Waals surface area (Å²) in [6, 6.07) is 0. The van der Waals surface area contributed by atoms with Crippen LogP contribution in [0.15, 0.2) is 16.0 Å². The van der Waals surface area contributed by atoms with E-state index in [0.717, 1.165) is 9.76 Å². The van der Waals surface area contributed by atoms with Gasteiger partial charge in [0.1, 0.15) is 4.60 Å². The maximum Gasteiger partial charge on any atom is 0.166 e. The first-order chi connectivity index (χ1) is 4.68. The Morgan fingerprint density at radius 2 is 2.40 bits per heavy atom. The van der Waals surface area contributed by atoms with Crippen LogP contribution >= 0.6 is 27.7 Å². The van der Waals surface area contributed by atoms with Crippen LogP contribution in [-0.2, 0) is 0 Å². The van der Waals surface area contributed by atoms with Gasteiger partial charge in [-0.05, 0) is 15.9 Å². The number of imidazole rings is 1. The zero-order chi connectivity index (χ0) is 7.56. The second-order valence-corrected chi connectivity index (χ2v) is 4.62. The molecule has 0 aliphatic rings. The molecule has 1 N–H and O–H groups in total. The van der Waals surface area contributed by atoms with Gasteiger partial charge in [0, 0.05) is 5.25 Å². The van der Waals surface area contributed by atoms with E-state index in [1.54, 1.807) is 18.0 Å². The first-order valence-electron chi connectivity index (χ1n) is 3.05. The summed E-state index contributed by atoms with van der Waals surface area (Å²) in [7, 11) is 0. The predicted octanol–water partition coefficient (Wildman–Crippen LogP) is 2.67. The molecule has 2 nitrogen and oxygen atoms in total. The average molecular weight is 221 g/mol. The molecule has 1 aromatic heterocycles. The molecule has 0 saturated heterocycles. The molecule has 0 radical (unpaired) electrons. The molecule has 0 aliphatic heterocycles. The molecule has 0 aliphatic carbocycles. The number of rotatable bonds is 2. The van der Waals surface area contributed by atoms with Gasteiger partial charge in [-0.2, -0.15) is 0 Å². The Balaban J connectivity index is 2.58. The van der Waals surface area contributed by atoms with Crippen molar-refractivity contribution in [1.82, 2.24) is 9.97 Å². The van der Waals surface area contributed by atoms with Crippen molar-refractivity contribution in [2.24, 2.45) is 0 Å². The molecule has 4 heteroatoms. The van der Waals surface area contributed by atoms with Crippen molar-refractivity contribution in [3.63, 3.8) is 0 Å². The molecule has 56 valence electrons. The van der Waals surface area contributed by atoms with Gasteiger partial charge in [-0.3, -0.25) is 0 Å². The summed E-state index contributed by atoms with van der Waals surface area (Å²) in [5, 5.41) is 1.56. The van der Waals surface area contributed by atoms with Gasteiger partial charge in [-0.1, -0.05) is 25.6 Å². The molecule has 0 atom stereocenters. The van der Waals surface area contributed by atoms with Crippen LogP contribution < -0.4 is 0 Å². The maximum atomic E-state index is 4.12. The molecule has 1 heterocycles. The Morgan fingerprint density at radius 3 is 2.80 bits per heavy atom. The largest absolute Gasteiger partial charge is 0.328 e. The molecule has 0 bridgehead atoms. The topological polar surface area (TPSA) is 28.7 Å². The Hall–Kier alpha value is 0.0400. The number of aromatic nitrogens is 2. The van der Waals surface area contributed by atoms with E-state index in [1.165, 1.54) is 0 Å². The lowest BCUT2D eigenvalue weighted by molar-refractivity contribution is 1.02. The van der Waals surface area contributed by atoms with Crippen molar-refractivity contribution in [2.45, 2.75) is 24.3 Å². The highest BCUT2D eigenvalue weighted by molar-refractivity contribution is 9.10. The molecule has 10 heavy (non-hydrogen) atoms. The number of hydrogen-bond donors (Lipinski definition) is 1. The van der Waals surface area contributed by atoms with E-state index in [0.29, 0.717) is 5.25 Å². The average Bonchev–Trinajstić information content (AvgIpc) is 2.13. The summed E-state index contributed by atoms with van der Waals surface area (Å²) in [4.78, 5) is 7.19. The smallest absolute Gasteiger partial charge is 0.166 e. The van der Waals surface area contributed by atoms with Gasteiger partial charge in [-0.15, -0.1) is 0 Å². The van der Waals surface area contributed by atoms with Gasteiger partial charge in [0.15, 0.2) is 5.16 Å². The first kappa shape index (κ1) is 8.14. The third kappa shape index (κ3) is 2.34. The summed E-state index contributed by atoms with van der Waals surface area (Å²) in [6.07, 6.45) is 1.77. The Labute approximate surface area is 72.9 Å². The van der Waals surface area contributed by atoms with Crippen LogP contribution in [0.2, 0.25) is 0 Å². The fourth-order valence-electron chi connectivity index (χ4n) is 0.565. The molecule has 1 rings (SSSR count). The van der Waals surface area contributed by atoms with Crippen molar-refractivity contribution in [1.29, 1.82) is 0 Å². The molecule has 0 spiro atoms. The third-order valence-corrected chi connectivity index (χ3v) is 2.17. The molecule has 0 saturated carbocycles. The zero-order valence-corrected chi connectivity index (χ0v) is 8.29. The van der Waals surface area contributed by atoms with E-state index in [9.17, 15) is 0 Å². The number of hydrogen-bond acceptors (Lipinski definition) is 2. The van der Waals surface area contributed by atoms with Crippen LogP contribution in [0.1, 0.15) is 13.8 Å². The monoisotopic (exact) mass is 220 g/mol. The number of halogens is 1. The van der Waals surface area contributed by atoms with Gasteiger partial charge in [0.25, 0.3) is 0 Å². The lowest BCUT2D eigenvalue weighted by Gasteiger charge is -1.97. The molecular formula is C6H9BrN2S. The van der Waals surface area contributed by atoms with Gasteiger partial charge in [-0.25, -0.2) is 4.98 Å². The van der Waals surface area contributed by atoms with E-state index in [4.69, 9.17) is 0 Å². The van der Waals surface area contributed by atoms with E-state index >= 15 is 0 Å². The Morgan fingerprint density at radius 1 is 1.70 bits per heavy atom. The highest BCUT2D eigenvalue weighted by atomic mass is 79.9. The fourth-order valence-corrected chi connectivity index (χ4v) is 1.72. The van der Waals surface area contributed by atoms with Gasteiger partial charge >= 0.3 is 0 Å². The number of nitrogens with one attached hydrogen (secondary N) is 1. The lowest BCUT2D eigenvalue weighted by Crippen LogP contribution is -1.86. The van der Waals surface area contributed by atoms with Crippen LogP contribution in [0.4, 0.5) is 0 Å². The molecule has 0 aromatic carbocycles. The van der Waals surface area contributed by atoms with Gasteiger partial charge in [0.2, 0.25) is 0 Å². The summed E-state index contributed by atoms with van der Waals surface area (Å²) in [5.74, 6) is 0. The molecular weight excluding hydrogens is 212 g/mol. The molecule has 0 amide bonds. The predicted molar refractivity (Wildman–Crippen MR) is 47.3 cm³/mol. The van der Waals surface area contributed by atoms with Crippen molar-refractivity contribution in [3.8, 4) is 0 Å². The third-order valence-electron chi connectivity index (χ3n) is 0.869. The normalized spacial score (nSPS) is 10.8. The lowest BCUT2D eigenvalue weighted by atomic mass is 10.6. The summed E-state index contributed by atoms with van der Waals surface area (Å²) < 4.78 is 0.940. The highest BCUT2D eigenvalue weighted by Crippen LogP contribution is 2.20. The number of nitrogens with zero attached hydrogens (tertiary/aromatic N) is 1. The molecule has 0 fully saturated rings. The Kier molecular flexibility index (Phi) is 2.80. The van der Waals surface area contributed by atoms with E-state index in [-0.39, 0.29) is 0 Å². The summed E-state index contributed by atoms with van der Waals surface area (Å²) in [6.45, 7) is 4.28. The number of aromatic amines is 1. The van der Waals surface area contributed by atoms with Gasteiger partial charge < -0.3 is 4.98 Å². The van der Waals surface area contributed by atoms with E-state index < -0.39 is 0 Å². The van der Waals surface area contributed by atoms with Crippen molar-refractivity contribution >= 4 is 27.7 Å². The van der Waals surface area contributed by atoms with Crippen LogP contribution in [-0.4, -0.2) is 15.2 Å². The van der Waals surface area contributed by atoms with Crippen molar-refractivity contribution in [3.05, 3.63) is 10.8 Å². The SMILES string of the molecule is CC(C)Sc1ncc(Br)[nH]1. The summed E-state index contributed by atoms with van der Waals surface area (Å²) >= 11 is 5.01. The second kappa shape index (κ2) is 3.44. The second-order valence-electron chi connectivity index (χ2n) is 2.20. The quantitative estimate of drug-likeness (QED) is 0.777. The highest BCUT2D eigenvalue weighted by Gasteiger charge is 2.00. The minimum Gasteiger partial charge on any atom is -0.328 e. The molecule has 0 unspecified atom stereocenters. The van der Waals surface area contributed by atoms with Crippen molar-refractivity contribution in [2.75, 3.05) is 0 Å². The maximum absolute atomic E-state index is 4.12. The number of H-pyrrole nitrogens is 1. The van der Waals surface area contributed by atoms with Crippen LogP contribution in [0.3, 0.4) is 0 Å². The molecule has 1 aromatic rings. The Bertz CT molecular complexity index is 209. The van der Waals surface area contributed by atoms with Crippen LogP contribution in [0.25, 0.3) is 0 Å². The minimum atomic E-state index is 0.582. The first-order valence-corrected chi connectivity index (χ1v) is 4.73. The van der Waals surface area contributed by atoms with Crippen molar-refractivity contribution < 1.29 is 0 Å². The number of thioether (sulfide) groups is 1. The van der Waals surface area contributed by atoms with Crippen LogP contribution in [0.5, 0.6) is 0 Å². The van der Waals surface area contributed by atoms with E-state index in [1.807, 2.05) is 0 Å². The standard InChI is InChI=1S/C6H9BrN2S/c1-4(2)10-6-8-3-5(7)9-6/h3-4H,1-2H3,(H,8,9). The summed E-state index contributed by atoms with van der Waals surface area (Å²) in [5.41, 5.74) is 0. The minimum absolute atomic E-state index is 0.582. The van der Waals surface area contributed by atoms with Gasteiger partial charge in [0.05, 0.1) is 6.20 Å². The fraction of sp³-hybridized carbons (Fsp3) is 0.500. The van der Waals surface area contributed by atoms with Crippen LogP contribution in [0, 0.1) is 0 Å². The zero-order valence-electron chi connectivity index (χ0n) is 5.89. The van der Waals surface area contributed by atoms with E-state index in [2.05, 4.69) is 39.7 Å².